The molecular formula is C15H26N2O. The number of hydrogen-bond acceptors (Lipinski definition) is 2. The smallest absolute Gasteiger partial charge is 0.223 e. The molecule has 2 saturated heterocycles. The van der Waals surface area contributed by atoms with Crippen molar-refractivity contribution in [1.82, 2.24) is 10.2 Å². The van der Waals surface area contributed by atoms with E-state index in [1.165, 1.54) is 38.5 Å². The van der Waals surface area contributed by atoms with Crippen molar-refractivity contribution in [3.05, 3.63) is 0 Å². The van der Waals surface area contributed by atoms with Gasteiger partial charge in [0, 0.05) is 31.1 Å². The van der Waals surface area contributed by atoms with Gasteiger partial charge in [-0.3, -0.25) is 4.79 Å². The van der Waals surface area contributed by atoms with Crippen LogP contribution in [0.3, 0.4) is 0 Å². The lowest BCUT2D eigenvalue weighted by Gasteiger charge is -2.31. The van der Waals surface area contributed by atoms with Crippen molar-refractivity contribution >= 4 is 5.91 Å². The van der Waals surface area contributed by atoms with Crippen molar-refractivity contribution in [3.63, 3.8) is 0 Å². The largest absolute Gasteiger partial charge is 0.340 e. The van der Waals surface area contributed by atoms with Crippen LogP contribution in [0.2, 0.25) is 0 Å². The minimum Gasteiger partial charge on any atom is -0.340 e. The van der Waals surface area contributed by atoms with Gasteiger partial charge in [-0.1, -0.05) is 6.92 Å². The molecule has 2 heterocycles. The van der Waals surface area contributed by atoms with E-state index in [1.807, 2.05) is 0 Å². The number of hydrogen-bond donors (Lipinski definition) is 1. The minimum atomic E-state index is 0.436. The number of rotatable bonds is 5. The zero-order valence-electron chi connectivity index (χ0n) is 11.5. The normalized spacial score (nSPS) is 34.6. The highest BCUT2D eigenvalue weighted by atomic mass is 16.2. The predicted molar refractivity (Wildman–Crippen MR) is 72.3 cm³/mol. The number of amides is 1. The van der Waals surface area contributed by atoms with Gasteiger partial charge in [-0.2, -0.15) is 0 Å². The summed E-state index contributed by atoms with van der Waals surface area (Å²) in [5, 5.41) is 3.66. The maximum atomic E-state index is 12.4. The summed E-state index contributed by atoms with van der Waals surface area (Å²) < 4.78 is 0. The Hall–Kier alpha value is -0.570. The van der Waals surface area contributed by atoms with Gasteiger partial charge in [0.05, 0.1) is 0 Å². The zero-order chi connectivity index (χ0) is 12.5. The zero-order valence-corrected chi connectivity index (χ0v) is 11.5. The van der Waals surface area contributed by atoms with E-state index in [1.54, 1.807) is 0 Å². The van der Waals surface area contributed by atoms with Crippen LogP contribution in [-0.2, 0) is 4.79 Å². The van der Waals surface area contributed by atoms with E-state index in [0.717, 1.165) is 19.4 Å². The lowest BCUT2D eigenvalue weighted by atomic mass is 9.89. The molecule has 3 rings (SSSR count). The molecule has 2 bridgehead atoms. The molecule has 102 valence electrons. The molecule has 2 atom stereocenters. The summed E-state index contributed by atoms with van der Waals surface area (Å²) in [5.74, 6) is 1.08. The minimum absolute atomic E-state index is 0.436. The second kappa shape index (κ2) is 5.20. The van der Waals surface area contributed by atoms with Gasteiger partial charge in [0.25, 0.3) is 0 Å². The van der Waals surface area contributed by atoms with E-state index < -0.39 is 0 Å². The fourth-order valence-electron chi connectivity index (χ4n) is 3.84. The first-order valence-electron chi connectivity index (χ1n) is 7.81. The molecule has 18 heavy (non-hydrogen) atoms. The molecule has 2 aliphatic heterocycles. The van der Waals surface area contributed by atoms with E-state index in [4.69, 9.17) is 0 Å². The Morgan fingerprint density at radius 2 is 1.83 bits per heavy atom. The third-order valence-corrected chi connectivity index (χ3v) is 4.81. The summed E-state index contributed by atoms with van der Waals surface area (Å²) in [7, 11) is 0. The SMILES string of the molecule is CCCN(C(=O)CC1CC2CCC(C1)N2)C1CC1. The van der Waals surface area contributed by atoms with Crippen LogP contribution in [0.1, 0.15) is 58.3 Å². The van der Waals surface area contributed by atoms with Crippen molar-refractivity contribution in [2.24, 2.45) is 5.92 Å². The molecule has 0 aromatic heterocycles. The molecule has 0 aromatic carbocycles. The van der Waals surface area contributed by atoms with Gasteiger partial charge in [0.1, 0.15) is 0 Å². The van der Waals surface area contributed by atoms with Crippen LogP contribution in [-0.4, -0.2) is 35.5 Å². The van der Waals surface area contributed by atoms with Crippen molar-refractivity contribution < 1.29 is 4.79 Å². The summed E-state index contributed by atoms with van der Waals surface area (Å²) >= 11 is 0. The third kappa shape index (κ3) is 2.71. The van der Waals surface area contributed by atoms with E-state index >= 15 is 0 Å². The summed E-state index contributed by atoms with van der Waals surface area (Å²) in [6.07, 6.45) is 9.50. The number of piperidine rings is 1. The van der Waals surface area contributed by atoms with Crippen molar-refractivity contribution in [3.8, 4) is 0 Å². The van der Waals surface area contributed by atoms with E-state index in [0.29, 0.717) is 30.0 Å². The molecule has 3 nitrogen and oxygen atoms in total. The topological polar surface area (TPSA) is 32.3 Å². The molecule has 0 aromatic rings. The quantitative estimate of drug-likeness (QED) is 0.812. The number of nitrogens with one attached hydrogen (secondary N) is 1. The van der Waals surface area contributed by atoms with E-state index in [9.17, 15) is 4.79 Å². The summed E-state index contributed by atoms with van der Waals surface area (Å²) in [5.41, 5.74) is 0. The summed E-state index contributed by atoms with van der Waals surface area (Å²) in [4.78, 5) is 14.6. The highest BCUT2D eigenvalue weighted by Crippen LogP contribution is 2.34. The van der Waals surface area contributed by atoms with Crippen LogP contribution >= 0.6 is 0 Å². The summed E-state index contributed by atoms with van der Waals surface area (Å²) in [6.45, 7) is 3.15. The average molecular weight is 250 g/mol. The Kier molecular flexibility index (Phi) is 3.60. The molecule has 3 heteroatoms. The van der Waals surface area contributed by atoms with Gasteiger partial charge in [-0.25, -0.2) is 0 Å². The van der Waals surface area contributed by atoms with Crippen molar-refractivity contribution in [2.75, 3.05) is 6.54 Å². The van der Waals surface area contributed by atoms with Gasteiger partial charge in [-0.05, 0) is 50.9 Å². The van der Waals surface area contributed by atoms with Crippen LogP contribution in [0.4, 0.5) is 0 Å². The molecular weight excluding hydrogens is 224 g/mol. The first-order chi connectivity index (χ1) is 8.76. The van der Waals surface area contributed by atoms with Crippen LogP contribution < -0.4 is 5.32 Å². The molecule has 1 N–H and O–H groups in total. The number of carbonyl (C=O) groups excluding carboxylic acids is 1. The standard InChI is InChI=1S/C15H26N2O/c1-2-7-17(14-5-6-14)15(18)10-11-8-12-3-4-13(9-11)16-12/h11-14,16H,2-10H2,1H3. The highest BCUT2D eigenvalue weighted by molar-refractivity contribution is 5.77. The van der Waals surface area contributed by atoms with E-state index in [2.05, 4.69) is 17.1 Å². The monoisotopic (exact) mass is 250 g/mol. The average Bonchev–Trinajstić information content (AvgIpc) is 3.12. The molecule has 1 aliphatic carbocycles. The Morgan fingerprint density at radius 1 is 1.17 bits per heavy atom. The van der Waals surface area contributed by atoms with Crippen LogP contribution in [0.5, 0.6) is 0 Å². The van der Waals surface area contributed by atoms with Gasteiger partial charge >= 0.3 is 0 Å². The van der Waals surface area contributed by atoms with E-state index in [-0.39, 0.29) is 0 Å². The number of nitrogens with zero attached hydrogens (tertiary/aromatic N) is 1. The molecule has 2 unspecified atom stereocenters. The summed E-state index contributed by atoms with van der Waals surface area (Å²) in [6, 6.07) is 2.01. The molecule has 3 aliphatic rings. The fourth-order valence-corrected chi connectivity index (χ4v) is 3.84. The van der Waals surface area contributed by atoms with Gasteiger partial charge in [0.15, 0.2) is 0 Å². The fraction of sp³-hybridized carbons (Fsp3) is 0.933. The number of fused-ring (bicyclic) bond motifs is 2. The molecule has 3 fully saturated rings. The Balaban J connectivity index is 1.53. The van der Waals surface area contributed by atoms with Gasteiger partial charge in [-0.15, -0.1) is 0 Å². The lowest BCUT2D eigenvalue weighted by Crippen LogP contribution is -2.41. The van der Waals surface area contributed by atoms with Crippen molar-refractivity contribution in [1.29, 1.82) is 0 Å². The molecule has 0 radical (unpaired) electrons. The first-order valence-corrected chi connectivity index (χ1v) is 7.81. The Labute approximate surface area is 110 Å². The third-order valence-electron chi connectivity index (χ3n) is 4.81. The Bertz CT molecular complexity index is 302. The second-order valence-corrected chi connectivity index (χ2v) is 6.50. The highest BCUT2D eigenvalue weighted by Gasteiger charge is 2.37. The van der Waals surface area contributed by atoms with Gasteiger partial charge < -0.3 is 10.2 Å². The second-order valence-electron chi connectivity index (χ2n) is 6.50. The van der Waals surface area contributed by atoms with Gasteiger partial charge in [0.2, 0.25) is 5.91 Å². The lowest BCUT2D eigenvalue weighted by molar-refractivity contribution is -0.133. The molecule has 0 spiro atoms. The maximum Gasteiger partial charge on any atom is 0.223 e. The predicted octanol–water partition coefficient (Wildman–Crippen LogP) is 2.31. The Morgan fingerprint density at radius 3 is 2.39 bits per heavy atom. The van der Waals surface area contributed by atoms with Crippen LogP contribution in [0, 0.1) is 5.92 Å². The number of carbonyl (C=O) groups is 1. The first kappa shape index (κ1) is 12.5. The molecule has 1 saturated carbocycles. The van der Waals surface area contributed by atoms with Crippen LogP contribution in [0.15, 0.2) is 0 Å². The maximum absolute atomic E-state index is 12.4. The van der Waals surface area contributed by atoms with Crippen LogP contribution in [0.25, 0.3) is 0 Å². The molecule has 1 amide bonds. The van der Waals surface area contributed by atoms with Crippen molar-refractivity contribution in [2.45, 2.75) is 76.4 Å².